The van der Waals surface area contributed by atoms with E-state index in [1.165, 1.54) is 0 Å². The highest BCUT2D eigenvalue weighted by atomic mass is 19.4. The van der Waals surface area contributed by atoms with Crippen molar-refractivity contribution in [1.82, 2.24) is 5.32 Å². The van der Waals surface area contributed by atoms with Gasteiger partial charge in [-0.2, -0.15) is 13.2 Å². The number of carboxylic acids is 1. The Labute approximate surface area is 182 Å². The lowest BCUT2D eigenvalue weighted by molar-refractivity contribution is -0.374. The summed E-state index contributed by atoms with van der Waals surface area (Å²) >= 11 is 0. The summed E-state index contributed by atoms with van der Waals surface area (Å²) in [5, 5.41) is 17.9. The number of hydrogen-bond donors (Lipinski definition) is 2. The van der Waals surface area contributed by atoms with E-state index in [4.69, 9.17) is 35.2 Å². The summed E-state index contributed by atoms with van der Waals surface area (Å²) in [5.41, 5.74) is 18.9. The van der Waals surface area contributed by atoms with Gasteiger partial charge in [-0.3, -0.25) is 0 Å². The molecule has 0 aliphatic carbocycles. The molecular weight excluding hydrogens is 445 g/mol. The van der Waals surface area contributed by atoms with Crippen molar-refractivity contribution < 1.29 is 47.8 Å². The number of rotatable bonds is 11. The molecule has 0 heterocycles. The van der Waals surface area contributed by atoms with E-state index in [0.29, 0.717) is 46.1 Å². The third kappa shape index (κ3) is 34.5. The average molecular weight is 474 g/mol. The number of halogens is 3. The van der Waals surface area contributed by atoms with Crippen LogP contribution in [0.25, 0.3) is 20.9 Å². The highest BCUT2D eigenvalue weighted by Gasteiger charge is 2.28. The lowest BCUT2D eigenvalue weighted by atomic mass is 10.2. The first-order valence-corrected chi connectivity index (χ1v) is 9.03. The zero-order chi connectivity index (χ0) is 25.5. The summed E-state index contributed by atoms with van der Waals surface area (Å²) in [6, 6.07) is 0. The SMILES string of the molecule is CC(C)(C)OC(=O)NCCOCCN=[N+]=[N-].O=C([O-])C(F)(F)F.[N-]=[N+]=NCCOCC[NH3+]. The smallest absolute Gasteiger partial charge is 0.430 e. The molecule has 17 heteroatoms. The molecule has 0 atom stereocenters. The highest BCUT2D eigenvalue weighted by molar-refractivity contribution is 5.70. The molecular formula is C15H29F3N8O6. The van der Waals surface area contributed by atoms with E-state index < -0.39 is 23.8 Å². The minimum Gasteiger partial charge on any atom is -0.542 e. The molecule has 32 heavy (non-hydrogen) atoms. The zero-order valence-corrected chi connectivity index (χ0v) is 18.1. The molecule has 0 bridgehead atoms. The van der Waals surface area contributed by atoms with Crippen molar-refractivity contribution in [1.29, 1.82) is 0 Å². The van der Waals surface area contributed by atoms with Crippen LogP contribution in [-0.4, -0.2) is 76.4 Å². The summed E-state index contributed by atoms with van der Waals surface area (Å²) < 4.78 is 46.6. The average Bonchev–Trinajstić information content (AvgIpc) is 2.66. The molecule has 0 saturated heterocycles. The van der Waals surface area contributed by atoms with Gasteiger partial charge < -0.3 is 35.2 Å². The number of carbonyl (C=O) groups is 2. The summed E-state index contributed by atoms with van der Waals surface area (Å²) in [6.07, 6.45) is -5.66. The molecule has 1 amide bonds. The van der Waals surface area contributed by atoms with E-state index in [9.17, 15) is 18.0 Å². The Bertz CT molecular complexity index is 603. The fourth-order valence-electron chi connectivity index (χ4n) is 1.15. The van der Waals surface area contributed by atoms with Crippen molar-refractivity contribution >= 4 is 12.1 Å². The molecule has 0 aliphatic rings. The van der Waals surface area contributed by atoms with Gasteiger partial charge in [-0.1, -0.05) is 10.2 Å². The minimum atomic E-state index is -5.19. The Kier molecular flexibility index (Phi) is 22.4. The number of nitrogens with one attached hydrogen (secondary N) is 1. The van der Waals surface area contributed by atoms with E-state index in [1.54, 1.807) is 20.8 Å². The van der Waals surface area contributed by atoms with Gasteiger partial charge in [0.05, 0.1) is 33.0 Å². The van der Waals surface area contributed by atoms with Gasteiger partial charge in [0.1, 0.15) is 11.6 Å². The van der Waals surface area contributed by atoms with Crippen molar-refractivity contribution in [2.75, 3.05) is 52.6 Å². The molecule has 0 saturated carbocycles. The molecule has 0 spiro atoms. The van der Waals surface area contributed by atoms with Crippen molar-refractivity contribution in [2.24, 2.45) is 10.2 Å². The number of carbonyl (C=O) groups excluding carboxylic acids is 2. The number of alkyl carbamates (subject to hydrolysis) is 1. The van der Waals surface area contributed by atoms with Crippen LogP contribution in [0.15, 0.2) is 10.2 Å². The summed E-state index contributed by atoms with van der Waals surface area (Å²) in [5.74, 6) is -3.01. The summed E-state index contributed by atoms with van der Waals surface area (Å²) in [7, 11) is 0. The van der Waals surface area contributed by atoms with Crippen LogP contribution in [0.5, 0.6) is 0 Å². The van der Waals surface area contributed by atoms with Gasteiger partial charge in [-0.05, 0) is 31.8 Å². The summed E-state index contributed by atoms with van der Waals surface area (Å²) in [4.78, 5) is 25.1. The van der Waals surface area contributed by atoms with Crippen LogP contribution in [0.1, 0.15) is 20.8 Å². The van der Waals surface area contributed by atoms with Gasteiger partial charge in [-0.25, -0.2) is 4.79 Å². The maximum atomic E-state index is 11.1. The standard InChI is InChI=1S/C9H18N4O3.C4H10N4O.C2HF3O2/c1-9(2,3)16-8(14)11-4-6-15-7-5-12-13-10;5-1-3-9-4-2-7-8-6;3-2(4,5)1(6)7/h4-7H2,1-3H3,(H,11,14);1-5H2;(H,6,7). The Morgan fingerprint density at radius 1 is 1.00 bits per heavy atom. The zero-order valence-electron chi connectivity index (χ0n) is 18.1. The van der Waals surface area contributed by atoms with Crippen molar-refractivity contribution in [3.63, 3.8) is 0 Å². The van der Waals surface area contributed by atoms with Crippen LogP contribution >= 0.6 is 0 Å². The van der Waals surface area contributed by atoms with Gasteiger partial charge in [0.25, 0.3) is 0 Å². The largest absolute Gasteiger partial charge is 0.542 e. The van der Waals surface area contributed by atoms with Crippen LogP contribution < -0.4 is 16.2 Å². The highest BCUT2D eigenvalue weighted by Crippen LogP contribution is 2.11. The third-order valence-electron chi connectivity index (χ3n) is 2.23. The van der Waals surface area contributed by atoms with Gasteiger partial charge in [0.15, 0.2) is 0 Å². The van der Waals surface area contributed by atoms with Crippen molar-refractivity contribution in [2.45, 2.75) is 32.5 Å². The fourth-order valence-corrected chi connectivity index (χ4v) is 1.15. The number of azide groups is 2. The Morgan fingerprint density at radius 2 is 1.44 bits per heavy atom. The van der Waals surface area contributed by atoms with Crippen LogP contribution in [0.3, 0.4) is 0 Å². The molecule has 0 aromatic rings. The predicted octanol–water partition coefficient (Wildman–Crippen LogP) is 0.692. The van der Waals surface area contributed by atoms with Crippen molar-refractivity contribution in [3.05, 3.63) is 20.9 Å². The maximum Gasteiger partial charge on any atom is 0.430 e. The Balaban J connectivity index is -0.000000442. The number of aliphatic carboxylic acids is 1. The third-order valence-corrected chi connectivity index (χ3v) is 2.23. The van der Waals surface area contributed by atoms with E-state index in [1.807, 2.05) is 0 Å². The van der Waals surface area contributed by atoms with Crippen LogP contribution in [-0.2, 0) is 19.0 Å². The fraction of sp³-hybridized carbons (Fsp3) is 0.867. The number of alkyl halides is 3. The second-order valence-electron chi connectivity index (χ2n) is 6.20. The van der Waals surface area contributed by atoms with E-state index in [0.717, 1.165) is 6.54 Å². The van der Waals surface area contributed by atoms with E-state index in [-0.39, 0.29) is 0 Å². The number of nitrogens with zero attached hydrogens (tertiary/aromatic N) is 6. The molecule has 14 nitrogen and oxygen atoms in total. The number of quaternary nitrogens is 1. The molecule has 0 aromatic heterocycles. The quantitative estimate of drug-likeness (QED) is 0.189. The van der Waals surface area contributed by atoms with Crippen LogP contribution in [0.4, 0.5) is 18.0 Å². The molecule has 0 rings (SSSR count). The molecule has 0 fully saturated rings. The predicted molar refractivity (Wildman–Crippen MR) is 103 cm³/mol. The first kappa shape index (κ1) is 33.7. The molecule has 4 N–H and O–H groups in total. The number of amides is 1. The lowest BCUT2D eigenvalue weighted by Gasteiger charge is -2.19. The summed E-state index contributed by atoms with van der Waals surface area (Å²) in [6.45, 7) is 9.07. The second-order valence-corrected chi connectivity index (χ2v) is 6.20. The molecule has 0 radical (unpaired) electrons. The van der Waals surface area contributed by atoms with Crippen LogP contribution in [0.2, 0.25) is 0 Å². The number of ether oxygens (including phenoxy) is 3. The maximum absolute atomic E-state index is 11.1. The van der Waals surface area contributed by atoms with Gasteiger partial charge in [0, 0.05) is 29.5 Å². The second kappa shape index (κ2) is 21.3. The van der Waals surface area contributed by atoms with Gasteiger partial charge >= 0.3 is 12.3 Å². The van der Waals surface area contributed by atoms with E-state index in [2.05, 4.69) is 31.1 Å². The molecule has 0 aromatic carbocycles. The Morgan fingerprint density at radius 3 is 1.78 bits per heavy atom. The molecule has 0 unspecified atom stereocenters. The molecule has 186 valence electrons. The minimum absolute atomic E-state index is 0.295. The monoisotopic (exact) mass is 474 g/mol. The van der Waals surface area contributed by atoms with Gasteiger partial charge in [0.2, 0.25) is 0 Å². The number of carboxylic acid groups (broad SMARTS) is 1. The first-order chi connectivity index (χ1) is 14.8. The molecule has 0 aliphatic heterocycles. The van der Waals surface area contributed by atoms with E-state index >= 15 is 0 Å². The number of hydrogen-bond acceptors (Lipinski definition) is 8. The Hall–Kier alpha value is -2.97. The normalized spacial score (nSPS) is 10.1. The van der Waals surface area contributed by atoms with Crippen LogP contribution in [0, 0.1) is 0 Å². The van der Waals surface area contributed by atoms with Gasteiger partial charge in [-0.15, -0.1) is 0 Å². The first-order valence-electron chi connectivity index (χ1n) is 9.03. The van der Waals surface area contributed by atoms with Crippen molar-refractivity contribution in [3.8, 4) is 0 Å². The topological polar surface area (TPSA) is 222 Å². The lowest BCUT2D eigenvalue weighted by Crippen LogP contribution is -2.52.